The van der Waals surface area contributed by atoms with Crippen molar-refractivity contribution in [2.24, 2.45) is 0 Å². The molecule has 0 spiro atoms. The summed E-state index contributed by atoms with van der Waals surface area (Å²) in [7, 11) is -3.58. The van der Waals surface area contributed by atoms with Crippen LogP contribution in [0.2, 0.25) is 10.0 Å². The molecule has 0 saturated carbocycles. The van der Waals surface area contributed by atoms with Gasteiger partial charge in [-0.15, -0.1) is 0 Å². The van der Waals surface area contributed by atoms with Gasteiger partial charge in [0.2, 0.25) is 16.8 Å². The molecule has 0 saturated heterocycles. The lowest BCUT2D eigenvalue weighted by molar-refractivity contribution is 0.174. The Bertz CT molecular complexity index is 819. The number of rotatable bonds is 5. The Labute approximate surface area is 144 Å². The summed E-state index contributed by atoms with van der Waals surface area (Å²) in [5, 5.41) is 0.650. The first-order valence-electron chi connectivity index (χ1n) is 6.73. The first kappa shape index (κ1) is 16.4. The highest BCUT2D eigenvalue weighted by atomic mass is 35.5. The Morgan fingerprint density at radius 1 is 1.04 bits per heavy atom. The number of hydrogen-bond donors (Lipinski definition) is 1. The van der Waals surface area contributed by atoms with Crippen LogP contribution in [-0.4, -0.2) is 15.2 Å². The van der Waals surface area contributed by atoms with Crippen molar-refractivity contribution in [3.63, 3.8) is 0 Å². The zero-order chi connectivity index (χ0) is 16.4. The van der Waals surface area contributed by atoms with Crippen molar-refractivity contribution in [2.45, 2.75) is 12.3 Å². The van der Waals surface area contributed by atoms with Gasteiger partial charge in [-0.1, -0.05) is 35.3 Å². The number of halogens is 2. The molecule has 0 fully saturated rings. The van der Waals surface area contributed by atoms with Crippen LogP contribution in [0.15, 0.2) is 36.4 Å². The number of sulfonamides is 1. The molecule has 2 aromatic carbocycles. The summed E-state index contributed by atoms with van der Waals surface area (Å²) >= 11 is 12.0. The third-order valence-electron chi connectivity index (χ3n) is 3.33. The van der Waals surface area contributed by atoms with Gasteiger partial charge in [0, 0.05) is 22.2 Å². The third-order valence-corrected chi connectivity index (χ3v) is 5.29. The lowest BCUT2D eigenvalue weighted by atomic mass is 10.2. The first-order chi connectivity index (χ1) is 10.9. The van der Waals surface area contributed by atoms with Crippen molar-refractivity contribution in [1.82, 2.24) is 4.72 Å². The van der Waals surface area contributed by atoms with Gasteiger partial charge in [-0.3, -0.25) is 0 Å². The average molecular weight is 374 g/mol. The van der Waals surface area contributed by atoms with Crippen molar-refractivity contribution >= 4 is 33.2 Å². The molecule has 3 rings (SSSR count). The molecule has 1 aliphatic heterocycles. The summed E-state index contributed by atoms with van der Waals surface area (Å²) in [6.07, 6.45) is 0. The van der Waals surface area contributed by atoms with Gasteiger partial charge >= 0.3 is 0 Å². The van der Waals surface area contributed by atoms with E-state index in [1.54, 1.807) is 36.4 Å². The van der Waals surface area contributed by atoms with Crippen LogP contribution in [0, 0.1) is 0 Å². The van der Waals surface area contributed by atoms with E-state index in [1.165, 1.54) is 0 Å². The Morgan fingerprint density at radius 2 is 1.74 bits per heavy atom. The first-order valence-corrected chi connectivity index (χ1v) is 9.14. The van der Waals surface area contributed by atoms with Gasteiger partial charge in [-0.2, -0.15) is 0 Å². The minimum atomic E-state index is -3.58. The lowest BCUT2D eigenvalue weighted by Crippen LogP contribution is -2.25. The Morgan fingerprint density at radius 3 is 2.48 bits per heavy atom. The summed E-state index contributed by atoms with van der Waals surface area (Å²) in [4.78, 5) is 0. The van der Waals surface area contributed by atoms with Crippen molar-refractivity contribution in [1.29, 1.82) is 0 Å². The SMILES string of the molecule is O=S(=O)(Cc1c(Cl)cccc1Cl)NCc1ccc2c(c1)OCO2. The van der Waals surface area contributed by atoms with Gasteiger partial charge in [-0.25, -0.2) is 13.1 Å². The fourth-order valence-corrected chi connectivity index (χ4v) is 4.02. The molecule has 0 amide bonds. The van der Waals surface area contributed by atoms with E-state index in [0.717, 1.165) is 5.56 Å². The van der Waals surface area contributed by atoms with Crippen LogP contribution in [0.25, 0.3) is 0 Å². The van der Waals surface area contributed by atoms with Crippen molar-refractivity contribution in [3.05, 3.63) is 57.6 Å². The molecule has 1 aliphatic rings. The van der Waals surface area contributed by atoms with Gasteiger partial charge < -0.3 is 9.47 Å². The number of hydrogen-bond acceptors (Lipinski definition) is 4. The highest BCUT2D eigenvalue weighted by Crippen LogP contribution is 2.32. The number of nitrogens with one attached hydrogen (secondary N) is 1. The minimum Gasteiger partial charge on any atom is -0.454 e. The maximum absolute atomic E-state index is 12.2. The van der Waals surface area contributed by atoms with Gasteiger partial charge in [0.25, 0.3) is 0 Å². The quantitative estimate of drug-likeness (QED) is 0.872. The molecule has 23 heavy (non-hydrogen) atoms. The summed E-state index contributed by atoms with van der Waals surface area (Å²) in [6, 6.07) is 10.1. The fraction of sp³-hybridized carbons (Fsp3) is 0.200. The van der Waals surface area contributed by atoms with Crippen LogP contribution in [0.5, 0.6) is 11.5 Å². The summed E-state index contributed by atoms with van der Waals surface area (Å²) in [5.41, 5.74) is 1.15. The van der Waals surface area contributed by atoms with E-state index in [2.05, 4.69) is 4.72 Å². The maximum Gasteiger partial charge on any atom is 0.231 e. The molecular weight excluding hydrogens is 361 g/mol. The molecule has 0 aliphatic carbocycles. The average Bonchev–Trinajstić information content (AvgIpc) is 2.97. The summed E-state index contributed by atoms with van der Waals surface area (Å²) < 4.78 is 37.5. The van der Waals surface area contributed by atoms with Gasteiger partial charge in [0.1, 0.15) is 0 Å². The number of benzene rings is 2. The van der Waals surface area contributed by atoms with Crippen molar-refractivity contribution in [3.8, 4) is 11.5 Å². The Balaban J connectivity index is 1.69. The predicted octanol–water partition coefficient (Wildman–Crippen LogP) is 3.34. The molecule has 0 radical (unpaired) electrons. The summed E-state index contributed by atoms with van der Waals surface area (Å²) in [5.74, 6) is 0.978. The fourth-order valence-electron chi connectivity index (χ4n) is 2.16. The van der Waals surface area contributed by atoms with Crippen molar-refractivity contribution in [2.75, 3.05) is 6.79 Å². The Kier molecular flexibility index (Phi) is 4.68. The smallest absolute Gasteiger partial charge is 0.231 e. The topological polar surface area (TPSA) is 64.6 Å². The van der Waals surface area contributed by atoms with E-state index in [1.807, 2.05) is 0 Å². The van der Waals surface area contributed by atoms with E-state index in [-0.39, 0.29) is 19.1 Å². The molecule has 2 aromatic rings. The summed E-state index contributed by atoms with van der Waals surface area (Å²) in [6.45, 7) is 0.316. The molecule has 0 aromatic heterocycles. The molecule has 1 heterocycles. The molecule has 0 atom stereocenters. The van der Waals surface area contributed by atoms with E-state index in [9.17, 15) is 8.42 Å². The van der Waals surface area contributed by atoms with Crippen LogP contribution < -0.4 is 14.2 Å². The van der Waals surface area contributed by atoms with Crippen molar-refractivity contribution < 1.29 is 17.9 Å². The van der Waals surface area contributed by atoms with Crippen LogP contribution in [0.1, 0.15) is 11.1 Å². The van der Waals surface area contributed by atoms with E-state index in [4.69, 9.17) is 32.7 Å². The molecule has 0 unspecified atom stereocenters. The lowest BCUT2D eigenvalue weighted by Gasteiger charge is -2.10. The second-order valence-electron chi connectivity index (χ2n) is 4.97. The molecule has 5 nitrogen and oxygen atoms in total. The zero-order valence-corrected chi connectivity index (χ0v) is 14.2. The van der Waals surface area contributed by atoms with Crippen LogP contribution in [-0.2, 0) is 22.3 Å². The van der Waals surface area contributed by atoms with E-state index in [0.29, 0.717) is 27.1 Å². The van der Waals surface area contributed by atoms with Crippen LogP contribution in [0.3, 0.4) is 0 Å². The molecule has 1 N–H and O–H groups in total. The van der Waals surface area contributed by atoms with E-state index < -0.39 is 10.0 Å². The zero-order valence-electron chi connectivity index (χ0n) is 11.9. The standard InChI is InChI=1S/C15H13Cl2NO4S/c16-12-2-1-3-13(17)11(12)8-23(19,20)18-7-10-4-5-14-15(6-10)22-9-21-14/h1-6,18H,7-9H2. The normalized spacial score (nSPS) is 13.3. The minimum absolute atomic E-state index is 0.140. The highest BCUT2D eigenvalue weighted by molar-refractivity contribution is 7.88. The Hall–Kier alpha value is -1.47. The third kappa shape index (κ3) is 3.90. The van der Waals surface area contributed by atoms with Gasteiger partial charge in [0.15, 0.2) is 11.5 Å². The predicted molar refractivity (Wildman–Crippen MR) is 88.5 cm³/mol. The monoisotopic (exact) mass is 373 g/mol. The molecular formula is C15H13Cl2NO4S. The molecule has 122 valence electrons. The highest BCUT2D eigenvalue weighted by Gasteiger charge is 2.18. The van der Waals surface area contributed by atoms with Gasteiger partial charge in [0.05, 0.1) is 5.75 Å². The van der Waals surface area contributed by atoms with E-state index >= 15 is 0 Å². The van der Waals surface area contributed by atoms with Crippen LogP contribution in [0.4, 0.5) is 0 Å². The van der Waals surface area contributed by atoms with Gasteiger partial charge in [-0.05, 0) is 29.8 Å². The molecule has 8 heteroatoms. The number of ether oxygens (including phenoxy) is 2. The second-order valence-corrected chi connectivity index (χ2v) is 7.59. The molecule has 0 bridgehead atoms. The largest absolute Gasteiger partial charge is 0.454 e. The maximum atomic E-state index is 12.2. The second kappa shape index (κ2) is 6.57. The number of fused-ring (bicyclic) bond motifs is 1. The van der Waals surface area contributed by atoms with Crippen LogP contribution >= 0.6 is 23.2 Å².